The maximum Gasteiger partial charge on any atom is 0.432 e. The van der Waals surface area contributed by atoms with Gasteiger partial charge in [-0.2, -0.15) is 5.01 Å². The van der Waals surface area contributed by atoms with Crippen molar-refractivity contribution in [2.75, 3.05) is 23.3 Å². The van der Waals surface area contributed by atoms with Gasteiger partial charge in [0.1, 0.15) is 17.0 Å². The molecule has 0 aromatic heterocycles. The first-order valence-corrected chi connectivity index (χ1v) is 12.3. The fourth-order valence-electron chi connectivity index (χ4n) is 3.97. The van der Waals surface area contributed by atoms with Crippen LogP contribution in [0.2, 0.25) is 0 Å². The second-order valence-electron chi connectivity index (χ2n) is 11.4. The molecule has 1 aliphatic carbocycles. The Kier molecular flexibility index (Phi) is 8.02. The Morgan fingerprint density at radius 1 is 1.03 bits per heavy atom. The fraction of sp³-hybridized carbons (Fsp3) is 0.640. The molecule has 1 unspecified atom stereocenters. The molecule has 1 saturated carbocycles. The lowest BCUT2D eigenvalue weighted by Gasteiger charge is -2.30. The molecule has 1 aromatic carbocycles. The Bertz CT molecular complexity index is 1000. The van der Waals surface area contributed by atoms with E-state index in [0.717, 1.165) is 25.3 Å². The van der Waals surface area contributed by atoms with Crippen LogP contribution >= 0.6 is 0 Å². The van der Waals surface area contributed by atoms with Crippen molar-refractivity contribution in [3.05, 3.63) is 23.5 Å². The minimum atomic E-state index is -1.03. The molecule has 1 atom stereocenters. The van der Waals surface area contributed by atoms with Gasteiger partial charge in [-0.25, -0.2) is 19.8 Å². The number of imide groups is 1. The minimum Gasteiger partial charge on any atom is -0.444 e. The predicted molar refractivity (Wildman–Crippen MR) is 134 cm³/mol. The zero-order valence-electron chi connectivity index (χ0n) is 21.9. The van der Waals surface area contributed by atoms with Crippen molar-refractivity contribution in [1.82, 2.24) is 10.3 Å². The number of carbonyl (C=O) groups excluding carboxylic acids is 3. The number of ether oxygens (including phenoxy) is 2. The van der Waals surface area contributed by atoms with Gasteiger partial charge in [-0.1, -0.05) is 0 Å². The van der Waals surface area contributed by atoms with Crippen LogP contribution < -0.4 is 21.4 Å². The van der Waals surface area contributed by atoms with Gasteiger partial charge in [-0.3, -0.25) is 4.79 Å². The lowest BCUT2D eigenvalue weighted by Crippen LogP contribution is -2.46. The first-order valence-electron chi connectivity index (χ1n) is 12.3. The zero-order valence-corrected chi connectivity index (χ0v) is 21.9. The van der Waals surface area contributed by atoms with E-state index in [-0.39, 0.29) is 17.6 Å². The molecule has 3 rings (SSSR count). The van der Waals surface area contributed by atoms with Crippen LogP contribution in [0.4, 0.5) is 25.4 Å². The normalized spacial score (nSPS) is 18.3. The third-order valence-corrected chi connectivity index (χ3v) is 5.84. The Morgan fingerprint density at radius 2 is 1.67 bits per heavy atom. The summed E-state index contributed by atoms with van der Waals surface area (Å²) >= 11 is 0. The highest BCUT2D eigenvalue weighted by Crippen LogP contribution is 2.33. The summed E-state index contributed by atoms with van der Waals surface area (Å²) in [6.07, 6.45) is 1.96. The average Bonchev–Trinajstić information content (AvgIpc) is 3.15. The Labute approximate surface area is 211 Å². The maximum atomic E-state index is 15.3. The molecule has 3 amide bonds. The van der Waals surface area contributed by atoms with E-state index in [9.17, 15) is 14.4 Å². The Morgan fingerprint density at radius 3 is 2.22 bits per heavy atom. The van der Waals surface area contributed by atoms with Crippen molar-refractivity contribution in [3.63, 3.8) is 0 Å². The van der Waals surface area contributed by atoms with Crippen LogP contribution in [0.15, 0.2) is 12.1 Å². The molecule has 10 nitrogen and oxygen atoms in total. The van der Waals surface area contributed by atoms with Crippen LogP contribution in [0, 0.1) is 5.82 Å². The average molecular weight is 508 g/mol. The largest absolute Gasteiger partial charge is 0.444 e. The number of rotatable bonds is 5. The van der Waals surface area contributed by atoms with Crippen molar-refractivity contribution in [1.29, 1.82) is 0 Å². The minimum absolute atomic E-state index is 0.0564. The second kappa shape index (κ2) is 10.5. The van der Waals surface area contributed by atoms with Crippen LogP contribution in [0.1, 0.15) is 77.6 Å². The molecule has 2 aliphatic rings. The highest BCUT2D eigenvalue weighted by molar-refractivity contribution is 6.06. The van der Waals surface area contributed by atoms with Crippen LogP contribution in [0.25, 0.3) is 0 Å². The third-order valence-electron chi connectivity index (χ3n) is 5.84. The molecule has 4 N–H and O–H groups in total. The summed E-state index contributed by atoms with van der Waals surface area (Å²) in [6, 6.07) is 2.59. The number of hydrogen-bond acceptors (Lipinski definition) is 8. The molecular weight excluding hydrogens is 469 g/mol. The molecule has 2 fully saturated rings. The highest BCUT2D eigenvalue weighted by atomic mass is 19.1. The van der Waals surface area contributed by atoms with Crippen molar-refractivity contribution in [2.45, 2.75) is 90.5 Å². The number of carbonyl (C=O) groups is 3. The summed E-state index contributed by atoms with van der Waals surface area (Å²) in [5.41, 5.74) is -0.836. The highest BCUT2D eigenvalue weighted by Gasteiger charge is 2.32. The molecule has 1 aromatic rings. The smallest absolute Gasteiger partial charge is 0.432 e. The van der Waals surface area contributed by atoms with E-state index in [1.165, 1.54) is 0 Å². The molecule has 0 bridgehead atoms. The molecule has 1 heterocycles. The van der Waals surface area contributed by atoms with E-state index >= 15 is 4.39 Å². The predicted octanol–water partition coefficient (Wildman–Crippen LogP) is 4.14. The van der Waals surface area contributed by atoms with Gasteiger partial charge in [0.15, 0.2) is 0 Å². The molecule has 200 valence electrons. The van der Waals surface area contributed by atoms with E-state index in [4.69, 9.17) is 15.3 Å². The summed E-state index contributed by atoms with van der Waals surface area (Å²) in [5.74, 6) is 4.26. The van der Waals surface area contributed by atoms with E-state index in [0.29, 0.717) is 35.9 Å². The van der Waals surface area contributed by atoms with Crippen LogP contribution in [-0.2, 0) is 9.47 Å². The number of hydrazine groups is 1. The first kappa shape index (κ1) is 27.5. The van der Waals surface area contributed by atoms with Crippen molar-refractivity contribution >= 4 is 29.5 Å². The Hall–Kier alpha value is -3.08. The summed E-state index contributed by atoms with van der Waals surface area (Å²) in [6.45, 7) is 11.2. The number of anilines is 2. The van der Waals surface area contributed by atoms with Gasteiger partial charge in [-0.05, 0) is 79.4 Å². The number of benzene rings is 1. The first-order chi connectivity index (χ1) is 16.6. The maximum absolute atomic E-state index is 15.3. The van der Waals surface area contributed by atoms with Crippen LogP contribution in [0.5, 0.6) is 0 Å². The van der Waals surface area contributed by atoms with E-state index < -0.39 is 35.1 Å². The SMILES string of the molecule is CC(C)(C)OC(=O)NC1CCN(c2cc(NC3CCC3)c(C(=O)N(N)C(=O)OC(C)(C)C)cc2F)C1. The van der Waals surface area contributed by atoms with Crippen LogP contribution in [-0.4, -0.2) is 59.5 Å². The second-order valence-corrected chi connectivity index (χ2v) is 11.4. The van der Waals surface area contributed by atoms with Gasteiger partial charge >= 0.3 is 12.2 Å². The van der Waals surface area contributed by atoms with Gasteiger partial charge in [0.25, 0.3) is 5.91 Å². The van der Waals surface area contributed by atoms with Gasteiger partial charge in [0, 0.05) is 24.8 Å². The number of nitrogens with zero attached hydrogens (tertiary/aromatic N) is 2. The molecule has 1 aliphatic heterocycles. The van der Waals surface area contributed by atoms with Crippen molar-refractivity contribution in [3.8, 4) is 0 Å². The van der Waals surface area contributed by atoms with Gasteiger partial charge < -0.3 is 25.0 Å². The third kappa shape index (κ3) is 7.22. The number of halogens is 1. The van der Waals surface area contributed by atoms with Gasteiger partial charge in [0.2, 0.25) is 0 Å². The molecule has 0 spiro atoms. The van der Waals surface area contributed by atoms with Crippen LogP contribution in [0.3, 0.4) is 0 Å². The number of alkyl carbamates (subject to hydrolysis) is 1. The lowest BCUT2D eigenvalue weighted by atomic mass is 9.92. The number of nitrogens with two attached hydrogens (primary N) is 1. The molecule has 0 radical (unpaired) electrons. The molecular formula is C25H38FN5O5. The van der Waals surface area contributed by atoms with Crippen molar-refractivity contribution in [2.24, 2.45) is 5.84 Å². The summed E-state index contributed by atoms with van der Waals surface area (Å²) in [4.78, 5) is 39.4. The van der Waals surface area contributed by atoms with Gasteiger partial charge in [0.05, 0.1) is 17.3 Å². The van der Waals surface area contributed by atoms with E-state index in [1.54, 1.807) is 47.6 Å². The topological polar surface area (TPSA) is 126 Å². The molecule has 1 saturated heterocycles. The van der Waals surface area contributed by atoms with E-state index in [2.05, 4.69) is 10.6 Å². The Balaban J connectivity index is 1.80. The zero-order chi connectivity index (χ0) is 26.8. The summed E-state index contributed by atoms with van der Waals surface area (Å²) in [5, 5.41) is 6.48. The van der Waals surface area contributed by atoms with E-state index in [1.807, 2.05) is 4.90 Å². The summed E-state index contributed by atoms with van der Waals surface area (Å²) in [7, 11) is 0. The number of hydrogen-bond donors (Lipinski definition) is 3. The number of amides is 3. The fourth-order valence-corrected chi connectivity index (χ4v) is 3.97. The van der Waals surface area contributed by atoms with Gasteiger partial charge in [-0.15, -0.1) is 0 Å². The lowest BCUT2D eigenvalue weighted by molar-refractivity contribution is 0.0239. The van der Waals surface area contributed by atoms with Crippen molar-refractivity contribution < 1.29 is 28.2 Å². The quantitative estimate of drug-likeness (QED) is 0.308. The standard InChI is InChI=1S/C25H38FN5O5/c1-24(2,3)35-22(33)29-16-10-11-30(14-16)20-13-19(28-15-8-7-9-15)17(12-18(20)26)21(32)31(27)23(34)36-25(4,5)6/h12-13,15-16,28H,7-11,14,27H2,1-6H3,(H,29,33). The molecule has 11 heteroatoms. The number of nitrogens with one attached hydrogen (secondary N) is 2. The monoisotopic (exact) mass is 507 g/mol. The molecule has 36 heavy (non-hydrogen) atoms. The summed E-state index contributed by atoms with van der Waals surface area (Å²) < 4.78 is 25.8.